The van der Waals surface area contributed by atoms with Gasteiger partial charge in [0.15, 0.2) is 0 Å². The fraction of sp³-hybridized carbons (Fsp3) is 0.789. The summed E-state index contributed by atoms with van der Waals surface area (Å²) in [6.45, 7) is 0. The quantitative estimate of drug-likeness (QED) is 0.603. The molecule has 0 atom stereocenters. The largest absolute Gasteiger partial charge is 0.273 e. The van der Waals surface area contributed by atoms with E-state index in [1.165, 1.54) is 76.2 Å². The van der Waals surface area contributed by atoms with E-state index < -0.39 is 0 Å². The molecular weight excluding hydrogens is 258 g/mol. The third-order valence-electron chi connectivity index (χ3n) is 4.73. The van der Waals surface area contributed by atoms with Crippen molar-refractivity contribution in [1.82, 2.24) is 0 Å². The van der Waals surface area contributed by atoms with Crippen molar-refractivity contribution in [2.45, 2.75) is 96.3 Å². The fourth-order valence-electron chi connectivity index (χ4n) is 3.40. The normalized spacial score (nSPS) is 26.4. The van der Waals surface area contributed by atoms with Gasteiger partial charge in [0.25, 0.3) is 0 Å². The van der Waals surface area contributed by atoms with Crippen molar-refractivity contribution in [3.63, 3.8) is 0 Å². The van der Waals surface area contributed by atoms with Gasteiger partial charge in [-0.2, -0.15) is 0 Å². The van der Waals surface area contributed by atoms with Gasteiger partial charge in [0.05, 0.1) is 0 Å². The van der Waals surface area contributed by atoms with E-state index >= 15 is 0 Å². The maximum Gasteiger partial charge on any atom is 0.245 e. The van der Waals surface area contributed by atoms with Crippen LogP contribution in [0.3, 0.4) is 0 Å². The van der Waals surface area contributed by atoms with Crippen LogP contribution in [0, 0.1) is 0 Å². The molecule has 2 aliphatic rings. The summed E-state index contributed by atoms with van der Waals surface area (Å²) in [7, 11) is 0. The average molecular weight is 289 g/mol. The second kappa shape index (κ2) is 9.92. The third-order valence-corrected chi connectivity index (χ3v) is 4.73. The van der Waals surface area contributed by atoms with Gasteiger partial charge in [-0.05, 0) is 50.5 Å². The number of allylic oxidation sites excluding steroid dienone is 2. The highest BCUT2D eigenvalue weighted by atomic mass is 16.1. The first-order valence-corrected chi connectivity index (χ1v) is 9.16. The van der Waals surface area contributed by atoms with Crippen molar-refractivity contribution in [2.24, 2.45) is 4.99 Å². The van der Waals surface area contributed by atoms with Crippen LogP contribution in [0.1, 0.15) is 96.3 Å². The number of amides is 1. The maximum absolute atomic E-state index is 12.0. The van der Waals surface area contributed by atoms with Gasteiger partial charge >= 0.3 is 0 Å². The number of nitrogens with zero attached hydrogens (tertiary/aromatic N) is 1. The van der Waals surface area contributed by atoms with Gasteiger partial charge < -0.3 is 0 Å². The molecule has 21 heavy (non-hydrogen) atoms. The first kappa shape index (κ1) is 16.5. The molecular formula is C19H31NO. The third kappa shape index (κ3) is 6.58. The molecule has 2 heteroatoms. The minimum absolute atomic E-state index is 0.116. The molecule has 0 fully saturated rings. The van der Waals surface area contributed by atoms with Crippen molar-refractivity contribution < 1.29 is 4.79 Å². The number of hydrogen-bond acceptors (Lipinski definition) is 1. The molecule has 0 N–H and O–H groups in total. The topological polar surface area (TPSA) is 29.4 Å². The molecule has 0 aromatic rings. The van der Waals surface area contributed by atoms with E-state index in [0.29, 0.717) is 6.42 Å². The molecule has 0 saturated heterocycles. The predicted octanol–water partition coefficient (Wildman–Crippen LogP) is 5.76. The highest BCUT2D eigenvalue weighted by Gasteiger charge is 2.12. The Morgan fingerprint density at radius 2 is 1.24 bits per heavy atom. The predicted molar refractivity (Wildman–Crippen MR) is 89.8 cm³/mol. The second-order valence-corrected chi connectivity index (χ2v) is 6.61. The van der Waals surface area contributed by atoms with Crippen molar-refractivity contribution in [1.29, 1.82) is 0 Å². The van der Waals surface area contributed by atoms with E-state index in [1.807, 2.05) is 0 Å². The zero-order valence-corrected chi connectivity index (χ0v) is 13.5. The van der Waals surface area contributed by atoms with Gasteiger partial charge in [0.1, 0.15) is 0 Å². The Hall–Kier alpha value is -0.920. The Labute approximate surface area is 130 Å². The number of carbonyl (C=O) groups excluding carboxylic acids is 1. The van der Waals surface area contributed by atoms with Crippen LogP contribution in [-0.2, 0) is 4.79 Å². The summed E-state index contributed by atoms with van der Waals surface area (Å²) >= 11 is 0. The van der Waals surface area contributed by atoms with Gasteiger partial charge in [-0.1, -0.05) is 51.0 Å². The van der Waals surface area contributed by atoms with Crippen LogP contribution >= 0.6 is 0 Å². The lowest BCUT2D eigenvalue weighted by molar-refractivity contribution is -0.117. The molecule has 0 saturated carbocycles. The van der Waals surface area contributed by atoms with Crippen molar-refractivity contribution in [2.75, 3.05) is 0 Å². The van der Waals surface area contributed by atoms with Crippen LogP contribution in [0.25, 0.3) is 0 Å². The van der Waals surface area contributed by atoms with Crippen LogP contribution in [0.15, 0.2) is 16.6 Å². The van der Waals surface area contributed by atoms with Crippen LogP contribution in [0.4, 0.5) is 0 Å². The molecule has 1 aliphatic heterocycles. The van der Waals surface area contributed by atoms with E-state index in [0.717, 1.165) is 25.0 Å². The molecule has 1 aliphatic carbocycles. The molecule has 1 heterocycles. The molecule has 0 unspecified atom stereocenters. The highest BCUT2D eigenvalue weighted by Crippen LogP contribution is 2.21. The van der Waals surface area contributed by atoms with Crippen LogP contribution < -0.4 is 0 Å². The van der Waals surface area contributed by atoms with E-state index in [4.69, 9.17) is 0 Å². The van der Waals surface area contributed by atoms with Crippen molar-refractivity contribution >= 4 is 11.6 Å². The summed E-state index contributed by atoms with van der Waals surface area (Å²) < 4.78 is 0. The molecule has 0 bridgehead atoms. The SMILES string of the molecule is O=C1CCCCCCCC(/C2=C/CCCCCCCC2)=N1. The minimum atomic E-state index is 0.116. The lowest BCUT2D eigenvalue weighted by Gasteiger charge is -2.14. The summed E-state index contributed by atoms with van der Waals surface area (Å²) in [5, 5.41) is 0. The Kier molecular flexibility index (Phi) is 7.77. The lowest BCUT2D eigenvalue weighted by atomic mass is 9.94. The smallest absolute Gasteiger partial charge is 0.245 e. The highest BCUT2D eigenvalue weighted by molar-refractivity contribution is 6.06. The fourth-order valence-corrected chi connectivity index (χ4v) is 3.40. The molecule has 1 amide bonds. The molecule has 2 nitrogen and oxygen atoms in total. The summed E-state index contributed by atoms with van der Waals surface area (Å²) in [5.41, 5.74) is 2.52. The van der Waals surface area contributed by atoms with Gasteiger partial charge in [0, 0.05) is 12.1 Å². The molecule has 0 radical (unpaired) electrons. The Morgan fingerprint density at radius 3 is 2.00 bits per heavy atom. The van der Waals surface area contributed by atoms with Gasteiger partial charge in [-0.25, -0.2) is 4.99 Å². The van der Waals surface area contributed by atoms with E-state index in [1.54, 1.807) is 0 Å². The van der Waals surface area contributed by atoms with Gasteiger partial charge in [-0.15, -0.1) is 0 Å². The first-order valence-electron chi connectivity index (χ1n) is 9.16. The van der Waals surface area contributed by atoms with E-state index in [9.17, 15) is 4.79 Å². The molecule has 0 aromatic heterocycles. The molecule has 118 valence electrons. The van der Waals surface area contributed by atoms with E-state index in [2.05, 4.69) is 11.1 Å². The Morgan fingerprint density at radius 1 is 0.667 bits per heavy atom. The van der Waals surface area contributed by atoms with Crippen LogP contribution in [0.5, 0.6) is 0 Å². The standard InChI is InChI=1S/C19H31NO/c21-19-16-12-8-4-7-11-15-18(20-19)17-13-9-5-2-1-3-6-10-14-17/h13H,1-12,14-16H2/b17-13+,20-18?. The van der Waals surface area contributed by atoms with Crippen molar-refractivity contribution in [3.8, 4) is 0 Å². The van der Waals surface area contributed by atoms with Crippen molar-refractivity contribution in [3.05, 3.63) is 11.6 Å². The summed E-state index contributed by atoms with van der Waals surface area (Å²) in [6, 6.07) is 0. The average Bonchev–Trinajstić information content (AvgIpc) is 2.51. The Balaban J connectivity index is 2.07. The number of carbonyl (C=O) groups is 1. The molecule has 0 aromatic carbocycles. The summed E-state index contributed by atoms with van der Waals surface area (Å²) in [5.74, 6) is 0.116. The van der Waals surface area contributed by atoms with Crippen LogP contribution in [0.2, 0.25) is 0 Å². The zero-order chi connectivity index (χ0) is 14.8. The monoisotopic (exact) mass is 289 g/mol. The van der Waals surface area contributed by atoms with Gasteiger partial charge in [-0.3, -0.25) is 4.79 Å². The number of aliphatic imine (C=N–C) groups is 1. The minimum Gasteiger partial charge on any atom is -0.273 e. The van der Waals surface area contributed by atoms with E-state index in [-0.39, 0.29) is 5.91 Å². The molecule has 2 rings (SSSR count). The summed E-state index contributed by atoms with van der Waals surface area (Å²) in [6.07, 6.45) is 20.3. The molecule has 0 spiro atoms. The maximum atomic E-state index is 12.0. The Bertz CT molecular complexity index is 381. The number of hydrogen-bond donors (Lipinski definition) is 0. The zero-order valence-electron chi connectivity index (χ0n) is 13.5. The second-order valence-electron chi connectivity index (χ2n) is 6.61. The van der Waals surface area contributed by atoms with Crippen LogP contribution in [-0.4, -0.2) is 11.6 Å². The number of rotatable bonds is 1. The van der Waals surface area contributed by atoms with Gasteiger partial charge in [0.2, 0.25) is 5.91 Å². The lowest BCUT2D eigenvalue weighted by Crippen LogP contribution is -2.09. The summed E-state index contributed by atoms with van der Waals surface area (Å²) in [4.78, 5) is 16.5. The first-order chi connectivity index (χ1) is 10.4.